The molecule has 0 radical (unpaired) electrons. The van der Waals surface area contributed by atoms with Gasteiger partial charge in [-0.25, -0.2) is 5.43 Å². The highest BCUT2D eigenvalue weighted by Crippen LogP contribution is 2.15. The van der Waals surface area contributed by atoms with Crippen molar-refractivity contribution in [2.45, 2.75) is 13.8 Å². The van der Waals surface area contributed by atoms with E-state index in [0.29, 0.717) is 6.61 Å². The number of nitrogens with one attached hydrogen (secondary N) is 2. The topological polar surface area (TPSA) is 62.7 Å². The number of carbonyl (C=O) groups is 1. The van der Waals surface area contributed by atoms with Crippen LogP contribution in [0.1, 0.15) is 16.7 Å². The monoisotopic (exact) mass is 317 g/mol. The van der Waals surface area contributed by atoms with Gasteiger partial charge in [0, 0.05) is 15.4 Å². The van der Waals surface area contributed by atoms with Crippen molar-refractivity contribution < 1.29 is 9.53 Å². The summed E-state index contributed by atoms with van der Waals surface area (Å²) >= 11 is 1.63. The minimum absolute atomic E-state index is 0.161. The lowest BCUT2D eigenvalue weighted by Crippen LogP contribution is -2.25. The number of carbonyl (C=O) groups excluding carboxylic acids is 1. The summed E-state index contributed by atoms with van der Waals surface area (Å²) in [7, 11) is 0. The number of rotatable bonds is 7. The number of aryl methyl sites for hydroxylation is 1. The van der Waals surface area contributed by atoms with Gasteiger partial charge in [-0.15, -0.1) is 11.3 Å². The number of amides is 1. The second-order valence-electron chi connectivity index (χ2n) is 4.55. The molecule has 6 heteroatoms. The third-order valence-corrected chi connectivity index (χ3v) is 3.70. The van der Waals surface area contributed by atoms with Crippen molar-refractivity contribution in [3.8, 4) is 5.75 Å². The number of nitrogens with zero attached hydrogens (tertiary/aromatic N) is 1. The maximum atomic E-state index is 11.7. The number of thiophene rings is 1. The molecule has 0 aliphatic rings. The molecule has 1 aromatic heterocycles. The molecule has 22 heavy (non-hydrogen) atoms. The van der Waals surface area contributed by atoms with Crippen LogP contribution in [0.3, 0.4) is 0 Å². The van der Waals surface area contributed by atoms with Crippen LogP contribution in [0.25, 0.3) is 0 Å². The Kier molecular flexibility index (Phi) is 5.97. The SMILES string of the molecule is CCOc1ccc(NCC(=O)N/N=C/c2ccc(C)s2)cc1. The molecule has 2 rings (SSSR count). The van der Waals surface area contributed by atoms with Crippen LogP contribution in [0, 0.1) is 6.92 Å². The Morgan fingerprint density at radius 1 is 1.27 bits per heavy atom. The minimum atomic E-state index is -0.196. The molecule has 2 N–H and O–H groups in total. The second-order valence-corrected chi connectivity index (χ2v) is 5.87. The normalized spacial score (nSPS) is 10.6. The molecule has 0 saturated carbocycles. The molecule has 1 aromatic carbocycles. The van der Waals surface area contributed by atoms with Gasteiger partial charge in [0.05, 0.1) is 19.4 Å². The van der Waals surface area contributed by atoms with Gasteiger partial charge in [-0.05, 0) is 50.2 Å². The zero-order valence-electron chi connectivity index (χ0n) is 12.6. The fraction of sp³-hybridized carbons (Fsp3) is 0.250. The molecule has 0 fully saturated rings. The summed E-state index contributed by atoms with van der Waals surface area (Å²) < 4.78 is 5.36. The van der Waals surface area contributed by atoms with Crippen LogP contribution >= 0.6 is 11.3 Å². The first-order valence-corrected chi connectivity index (χ1v) is 7.84. The maximum absolute atomic E-state index is 11.7. The predicted octanol–water partition coefficient (Wildman–Crippen LogP) is 3.02. The van der Waals surface area contributed by atoms with Crippen LogP contribution in [0.2, 0.25) is 0 Å². The first-order chi connectivity index (χ1) is 10.7. The van der Waals surface area contributed by atoms with E-state index in [2.05, 4.69) is 15.8 Å². The Bertz CT molecular complexity index is 635. The molecule has 5 nitrogen and oxygen atoms in total. The van der Waals surface area contributed by atoms with E-state index in [1.165, 1.54) is 4.88 Å². The van der Waals surface area contributed by atoms with Crippen molar-refractivity contribution in [1.82, 2.24) is 5.43 Å². The third kappa shape index (κ3) is 5.21. The van der Waals surface area contributed by atoms with E-state index >= 15 is 0 Å². The highest BCUT2D eigenvalue weighted by Gasteiger charge is 2.00. The molecule has 2 aromatic rings. The number of hydrogen-bond acceptors (Lipinski definition) is 5. The third-order valence-electron chi connectivity index (χ3n) is 2.76. The lowest BCUT2D eigenvalue weighted by atomic mass is 10.3. The average Bonchev–Trinajstić information content (AvgIpc) is 2.92. The van der Waals surface area contributed by atoms with Crippen LogP contribution in [0.5, 0.6) is 5.75 Å². The Balaban J connectivity index is 1.74. The highest BCUT2D eigenvalue weighted by molar-refractivity contribution is 7.13. The molecule has 0 unspecified atom stereocenters. The van der Waals surface area contributed by atoms with E-state index < -0.39 is 0 Å². The van der Waals surface area contributed by atoms with Crippen LogP contribution < -0.4 is 15.5 Å². The molecular formula is C16H19N3O2S. The summed E-state index contributed by atoms with van der Waals surface area (Å²) in [4.78, 5) is 13.9. The number of hydrogen-bond donors (Lipinski definition) is 2. The highest BCUT2D eigenvalue weighted by atomic mass is 32.1. The van der Waals surface area contributed by atoms with Gasteiger partial charge >= 0.3 is 0 Å². The Morgan fingerprint density at radius 3 is 2.68 bits per heavy atom. The average molecular weight is 317 g/mol. The quantitative estimate of drug-likeness (QED) is 0.609. The van der Waals surface area contributed by atoms with Gasteiger partial charge in [0.25, 0.3) is 5.91 Å². The van der Waals surface area contributed by atoms with Gasteiger partial charge in [-0.1, -0.05) is 0 Å². The first-order valence-electron chi connectivity index (χ1n) is 7.02. The molecule has 0 aliphatic carbocycles. The second kappa shape index (κ2) is 8.19. The minimum Gasteiger partial charge on any atom is -0.494 e. The summed E-state index contributed by atoms with van der Waals surface area (Å²) in [5.74, 6) is 0.617. The van der Waals surface area contributed by atoms with Gasteiger partial charge in [-0.2, -0.15) is 5.10 Å². The van der Waals surface area contributed by atoms with Crippen molar-refractivity contribution in [2.24, 2.45) is 5.10 Å². The standard InChI is InChI=1S/C16H19N3O2S/c1-3-21-14-7-5-13(6-8-14)17-11-16(20)19-18-10-15-9-4-12(2)22-15/h4-10,17H,3,11H2,1-2H3,(H,19,20)/b18-10+. The van der Waals surface area contributed by atoms with Crippen molar-refractivity contribution in [2.75, 3.05) is 18.5 Å². The summed E-state index contributed by atoms with van der Waals surface area (Å²) in [5.41, 5.74) is 3.35. The van der Waals surface area contributed by atoms with E-state index in [4.69, 9.17) is 4.74 Å². The van der Waals surface area contributed by atoms with Gasteiger partial charge in [0.1, 0.15) is 5.75 Å². The van der Waals surface area contributed by atoms with Gasteiger partial charge < -0.3 is 10.1 Å². The Labute approximate surface area is 134 Å². The number of anilines is 1. The van der Waals surface area contributed by atoms with Gasteiger partial charge in [0.15, 0.2) is 0 Å². The largest absolute Gasteiger partial charge is 0.494 e. The van der Waals surface area contributed by atoms with E-state index in [1.807, 2.05) is 50.2 Å². The summed E-state index contributed by atoms with van der Waals surface area (Å²) in [5, 5.41) is 6.96. The Morgan fingerprint density at radius 2 is 2.05 bits per heavy atom. The van der Waals surface area contributed by atoms with Crippen LogP contribution in [-0.2, 0) is 4.79 Å². The van der Waals surface area contributed by atoms with Crippen molar-refractivity contribution in [1.29, 1.82) is 0 Å². The van der Waals surface area contributed by atoms with Crippen molar-refractivity contribution in [3.05, 3.63) is 46.2 Å². The molecule has 0 atom stereocenters. The van der Waals surface area contributed by atoms with E-state index in [1.54, 1.807) is 17.6 Å². The molecule has 0 saturated heterocycles. The molecule has 116 valence electrons. The number of ether oxygens (including phenoxy) is 1. The van der Waals surface area contributed by atoms with Gasteiger partial charge in [0.2, 0.25) is 0 Å². The first kappa shape index (κ1) is 16.0. The fourth-order valence-corrected chi connectivity index (χ4v) is 2.50. The molecule has 1 heterocycles. The zero-order chi connectivity index (χ0) is 15.8. The summed E-state index contributed by atoms with van der Waals surface area (Å²) in [6.45, 7) is 4.77. The lowest BCUT2D eigenvalue weighted by molar-refractivity contribution is -0.119. The Hall–Kier alpha value is -2.34. The van der Waals surface area contributed by atoms with Crippen molar-refractivity contribution in [3.63, 3.8) is 0 Å². The molecule has 0 bridgehead atoms. The smallest absolute Gasteiger partial charge is 0.259 e. The molecule has 0 spiro atoms. The molecule has 1 amide bonds. The number of hydrazone groups is 1. The van der Waals surface area contributed by atoms with Crippen LogP contribution in [0.4, 0.5) is 5.69 Å². The summed E-state index contributed by atoms with van der Waals surface area (Å²) in [6.07, 6.45) is 1.65. The summed E-state index contributed by atoms with van der Waals surface area (Å²) in [6, 6.07) is 11.4. The van der Waals surface area contributed by atoms with Crippen molar-refractivity contribution >= 4 is 29.1 Å². The molecular weight excluding hydrogens is 298 g/mol. The van der Waals surface area contributed by atoms with Crippen LogP contribution in [-0.4, -0.2) is 25.3 Å². The maximum Gasteiger partial charge on any atom is 0.259 e. The van der Waals surface area contributed by atoms with E-state index in [9.17, 15) is 4.79 Å². The van der Waals surface area contributed by atoms with Gasteiger partial charge in [-0.3, -0.25) is 4.79 Å². The molecule has 0 aliphatic heterocycles. The van der Waals surface area contributed by atoms with Crippen LogP contribution in [0.15, 0.2) is 41.5 Å². The number of benzene rings is 1. The van der Waals surface area contributed by atoms with E-state index in [-0.39, 0.29) is 12.5 Å². The lowest BCUT2D eigenvalue weighted by Gasteiger charge is -2.07. The van der Waals surface area contributed by atoms with E-state index in [0.717, 1.165) is 16.3 Å². The predicted molar refractivity (Wildman–Crippen MR) is 90.9 cm³/mol. The zero-order valence-corrected chi connectivity index (χ0v) is 13.4. The fourth-order valence-electron chi connectivity index (χ4n) is 1.75.